The summed E-state index contributed by atoms with van der Waals surface area (Å²) in [5.74, 6) is 0. The van der Waals surface area contributed by atoms with E-state index in [4.69, 9.17) is 11.6 Å². The first-order valence-corrected chi connectivity index (χ1v) is 7.43. The third-order valence-corrected chi connectivity index (χ3v) is 4.21. The van der Waals surface area contributed by atoms with E-state index in [1.54, 1.807) is 0 Å². The third kappa shape index (κ3) is 4.46. The molecule has 1 saturated heterocycles. The Kier molecular flexibility index (Phi) is 5.64. The summed E-state index contributed by atoms with van der Waals surface area (Å²) in [7, 11) is 2.19. The molecule has 1 aliphatic heterocycles. The Morgan fingerprint density at radius 3 is 2.79 bits per heavy atom. The fourth-order valence-electron chi connectivity index (χ4n) is 2.45. The highest BCUT2D eigenvalue weighted by Gasteiger charge is 2.14. The lowest BCUT2D eigenvalue weighted by molar-refractivity contribution is 0.183. The summed E-state index contributed by atoms with van der Waals surface area (Å²) in [6.07, 6.45) is 0. The molecular weight excluding hydrogens is 258 g/mol. The van der Waals surface area contributed by atoms with Gasteiger partial charge in [-0.2, -0.15) is 0 Å². The molecule has 1 aliphatic rings. The summed E-state index contributed by atoms with van der Waals surface area (Å²) < 4.78 is 0. The minimum Gasteiger partial charge on any atom is -0.314 e. The van der Waals surface area contributed by atoms with Crippen molar-refractivity contribution >= 4 is 11.6 Å². The molecule has 1 aromatic rings. The zero-order chi connectivity index (χ0) is 13.7. The topological polar surface area (TPSA) is 18.5 Å². The first kappa shape index (κ1) is 14.8. The van der Waals surface area contributed by atoms with Gasteiger partial charge in [0.25, 0.3) is 0 Å². The van der Waals surface area contributed by atoms with Crippen LogP contribution in [0.15, 0.2) is 24.3 Å². The summed E-state index contributed by atoms with van der Waals surface area (Å²) in [5, 5.41) is 4.21. The number of nitrogens with one attached hydrogen (secondary N) is 1. The number of hydrogen-bond acceptors (Lipinski definition) is 3. The summed E-state index contributed by atoms with van der Waals surface area (Å²) in [6.45, 7) is 9.04. The van der Waals surface area contributed by atoms with E-state index in [0.717, 1.165) is 31.2 Å². The van der Waals surface area contributed by atoms with E-state index in [9.17, 15) is 0 Å². The molecule has 1 unspecified atom stereocenters. The van der Waals surface area contributed by atoms with E-state index in [0.29, 0.717) is 6.04 Å². The lowest BCUT2D eigenvalue weighted by Crippen LogP contribution is -2.46. The highest BCUT2D eigenvalue weighted by molar-refractivity contribution is 6.30. The molecule has 0 aromatic heterocycles. The molecule has 1 heterocycles. The Hall–Kier alpha value is -0.610. The van der Waals surface area contributed by atoms with Gasteiger partial charge in [-0.05, 0) is 31.7 Å². The summed E-state index contributed by atoms with van der Waals surface area (Å²) >= 11 is 6.06. The number of rotatable bonds is 5. The molecule has 106 valence electrons. The molecule has 1 atom stereocenters. The number of benzene rings is 1. The molecule has 0 radical (unpaired) electrons. The molecule has 0 bridgehead atoms. The number of likely N-dealkylation sites (N-methyl/N-ethyl adjacent to an activating group) is 1. The number of nitrogens with zero attached hydrogens (tertiary/aromatic N) is 2. The first-order chi connectivity index (χ1) is 9.16. The quantitative estimate of drug-likeness (QED) is 0.893. The maximum absolute atomic E-state index is 6.06. The van der Waals surface area contributed by atoms with E-state index in [2.05, 4.69) is 41.2 Å². The lowest BCUT2D eigenvalue weighted by atomic mass is 10.1. The Morgan fingerprint density at radius 2 is 2.11 bits per heavy atom. The highest BCUT2D eigenvalue weighted by Crippen LogP contribution is 2.21. The van der Waals surface area contributed by atoms with Crippen LogP contribution in [0.5, 0.6) is 0 Å². The van der Waals surface area contributed by atoms with Crippen LogP contribution < -0.4 is 5.32 Å². The molecule has 0 amide bonds. The van der Waals surface area contributed by atoms with Crippen LogP contribution in [0.2, 0.25) is 5.02 Å². The van der Waals surface area contributed by atoms with Gasteiger partial charge in [0.15, 0.2) is 0 Å². The highest BCUT2D eigenvalue weighted by atomic mass is 35.5. The van der Waals surface area contributed by atoms with Crippen LogP contribution in [0.1, 0.15) is 18.5 Å². The van der Waals surface area contributed by atoms with Crippen LogP contribution >= 0.6 is 11.6 Å². The van der Waals surface area contributed by atoms with Crippen molar-refractivity contribution in [3.05, 3.63) is 34.9 Å². The number of halogens is 1. The first-order valence-electron chi connectivity index (χ1n) is 7.05. The van der Waals surface area contributed by atoms with Crippen molar-refractivity contribution in [2.24, 2.45) is 0 Å². The Labute approximate surface area is 121 Å². The van der Waals surface area contributed by atoms with Crippen molar-refractivity contribution in [3.63, 3.8) is 0 Å². The van der Waals surface area contributed by atoms with Gasteiger partial charge in [-0.3, -0.25) is 9.80 Å². The van der Waals surface area contributed by atoms with Crippen molar-refractivity contribution in [2.75, 3.05) is 46.3 Å². The van der Waals surface area contributed by atoms with Crippen LogP contribution in [0.3, 0.4) is 0 Å². The van der Waals surface area contributed by atoms with Crippen molar-refractivity contribution in [2.45, 2.75) is 13.0 Å². The van der Waals surface area contributed by atoms with E-state index < -0.39 is 0 Å². The monoisotopic (exact) mass is 281 g/mol. The second-order valence-electron chi connectivity index (χ2n) is 5.30. The van der Waals surface area contributed by atoms with E-state index in [1.165, 1.54) is 18.7 Å². The second kappa shape index (κ2) is 7.25. The Morgan fingerprint density at radius 1 is 1.37 bits per heavy atom. The van der Waals surface area contributed by atoms with Crippen molar-refractivity contribution in [3.8, 4) is 0 Å². The largest absolute Gasteiger partial charge is 0.314 e. The van der Waals surface area contributed by atoms with Crippen molar-refractivity contribution in [1.29, 1.82) is 0 Å². The number of piperazine rings is 1. The van der Waals surface area contributed by atoms with Gasteiger partial charge in [0.1, 0.15) is 0 Å². The molecule has 0 saturated carbocycles. The third-order valence-electron chi connectivity index (χ3n) is 3.97. The molecule has 1 fully saturated rings. The smallest absolute Gasteiger partial charge is 0.0409 e. The molecule has 2 rings (SSSR count). The molecule has 1 aromatic carbocycles. The van der Waals surface area contributed by atoms with Crippen LogP contribution in [0.4, 0.5) is 0 Å². The van der Waals surface area contributed by atoms with Gasteiger partial charge in [0, 0.05) is 50.3 Å². The molecule has 4 heteroatoms. The van der Waals surface area contributed by atoms with Gasteiger partial charge in [-0.25, -0.2) is 0 Å². The zero-order valence-electron chi connectivity index (χ0n) is 11.9. The fraction of sp³-hybridized carbons (Fsp3) is 0.600. The van der Waals surface area contributed by atoms with E-state index in [1.807, 2.05) is 12.1 Å². The molecule has 3 nitrogen and oxygen atoms in total. The minimum absolute atomic E-state index is 0.404. The van der Waals surface area contributed by atoms with Crippen molar-refractivity contribution < 1.29 is 0 Å². The molecular formula is C15H24ClN3. The van der Waals surface area contributed by atoms with Gasteiger partial charge in [-0.15, -0.1) is 0 Å². The Bertz CT molecular complexity index is 391. The van der Waals surface area contributed by atoms with E-state index >= 15 is 0 Å². The number of hydrogen-bond donors (Lipinski definition) is 1. The summed E-state index contributed by atoms with van der Waals surface area (Å²) in [4.78, 5) is 4.92. The molecule has 19 heavy (non-hydrogen) atoms. The summed E-state index contributed by atoms with van der Waals surface area (Å²) in [6, 6.07) is 8.57. The van der Waals surface area contributed by atoms with Gasteiger partial charge in [0.2, 0.25) is 0 Å². The van der Waals surface area contributed by atoms with Crippen LogP contribution in [-0.2, 0) is 0 Å². The van der Waals surface area contributed by atoms with Gasteiger partial charge < -0.3 is 5.32 Å². The Balaban J connectivity index is 1.83. The maximum Gasteiger partial charge on any atom is 0.0409 e. The molecule has 0 aliphatic carbocycles. The molecule has 1 N–H and O–H groups in total. The summed E-state index contributed by atoms with van der Waals surface area (Å²) in [5.41, 5.74) is 1.29. The fourth-order valence-corrected chi connectivity index (χ4v) is 2.65. The minimum atomic E-state index is 0.404. The van der Waals surface area contributed by atoms with Gasteiger partial charge in [-0.1, -0.05) is 23.7 Å². The standard InChI is InChI=1S/C15H24ClN3/c1-13(14-4-3-5-15(16)12-14)18(2)10-11-19-8-6-17-7-9-19/h3-5,12-13,17H,6-11H2,1-2H3. The lowest BCUT2D eigenvalue weighted by Gasteiger charge is -2.31. The van der Waals surface area contributed by atoms with Crippen molar-refractivity contribution in [1.82, 2.24) is 15.1 Å². The predicted molar refractivity (Wildman–Crippen MR) is 81.8 cm³/mol. The predicted octanol–water partition coefficient (Wildman–Crippen LogP) is 2.24. The average molecular weight is 282 g/mol. The van der Waals surface area contributed by atoms with Crippen LogP contribution in [0, 0.1) is 0 Å². The normalized spacial score (nSPS) is 18.7. The average Bonchev–Trinajstić information content (AvgIpc) is 2.45. The molecule has 0 spiro atoms. The second-order valence-corrected chi connectivity index (χ2v) is 5.74. The van der Waals surface area contributed by atoms with Gasteiger partial charge >= 0.3 is 0 Å². The SMILES string of the molecule is CC(c1cccc(Cl)c1)N(C)CCN1CCNCC1. The maximum atomic E-state index is 6.06. The zero-order valence-corrected chi connectivity index (χ0v) is 12.7. The van der Waals surface area contributed by atoms with Crippen LogP contribution in [-0.4, -0.2) is 56.1 Å². The van der Waals surface area contributed by atoms with Gasteiger partial charge in [0.05, 0.1) is 0 Å². The van der Waals surface area contributed by atoms with Crippen LogP contribution in [0.25, 0.3) is 0 Å². The van der Waals surface area contributed by atoms with E-state index in [-0.39, 0.29) is 0 Å².